The lowest BCUT2D eigenvalue weighted by Crippen LogP contribution is -2.56. The van der Waals surface area contributed by atoms with E-state index in [2.05, 4.69) is 12.2 Å². The third-order valence-electron chi connectivity index (χ3n) is 3.44. The maximum atomic E-state index is 11.4. The zero-order chi connectivity index (χ0) is 10.3. The number of nitrogens with one attached hydrogen (secondary N) is 1. The van der Waals surface area contributed by atoms with Crippen molar-refractivity contribution in [2.24, 2.45) is 11.8 Å². The summed E-state index contributed by atoms with van der Waals surface area (Å²) in [5, 5.41) is 3.43. The van der Waals surface area contributed by atoms with Gasteiger partial charge < -0.3 is 5.32 Å². The number of piperidine rings is 2. The SMILES string of the molecule is C[C@H]1NC[C@H]2C[C@H]1CN(S(C)(=O)=O)C2. The Morgan fingerprint density at radius 3 is 2.71 bits per heavy atom. The van der Waals surface area contributed by atoms with Crippen LogP contribution in [0.15, 0.2) is 0 Å². The Hall–Kier alpha value is -0.130. The Bertz CT molecular complexity index is 315. The molecule has 0 aromatic carbocycles. The molecule has 2 rings (SSSR count). The second kappa shape index (κ2) is 3.47. The summed E-state index contributed by atoms with van der Waals surface area (Å²) >= 11 is 0. The van der Waals surface area contributed by atoms with Crippen LogP contribution in [-0.2, 0) is 10.0 Å². The first-order valence-electron chi connectivity index (χ1n) is 5.15. The van der Waals surface area contributed by atoms with Crippen LogP contribution in [0.25, 0.3) is 0 Å². The van der Waals surface area contributed by atoms with Gasteiger partial charge in [-0.05, 0) is 31.7 Å². The van der Waals surface area contributed by atoms with E-state index in [0.717, 1.165) is 6.54 Å². The smallest absolute Gasteiger partial charge is 0.211 e. The molecule has 2 saturated heterocycles. The van der Waals surface area contributed by atoms with E-state index < -0.39 is 10.0 Å². The largest absolute Gasteiger partial charge is 0.314 e. The molecule has 0 aromatic rings. The Labute approximate surface area is 85.7 Å². The minimum absolute atomic E-state index is 0.454. The third kappa shape index (κ3) is 1.94. The normalized spacial score (nSPS) is 39.7. The lowest BCUT2D eigenvalue weighted by atomic mass is 9.82. The summed E-state index contributed by atoms with van der Waals surface area (Å²) in [6.07, 6.45) is 2.49. The van der Waals surface area contributed by atoms with Gasteiger partial charge in [0.15, 0.2) is 0 Å². The Balaban J connectivity index is 2.13. The first-order valence-corrected chi connectivity index (χ1v) is 7.00. The Kier molecular flexibility index (Phi) is 2.57. The van der Waals surface area contributed by atoms with Gasteiger partial charge in [-0.3, -0.25) is 0 Å². The number of fused-ring (bicyclic) bond motifs is 2. The monoisotopic (exact) mass is 218 g/mol. The highest BCUT2D eigenvalue weighted by Gasteiger charge is 2.37. The molecule has 0 saturated carbocycles. The number of sulfonamides is 1. The second-order valence-electron chi connectivity index (χ2n) is 4.64. The average molecular weight is 218 g/mol. The van der Waals surface area contributed by atoms with Crippen molar-refractivity contribution in [1.29, 1.82) is 0 Å². The molecule has 0 aromatic heterocycles. The molecule has 82 valence electrons. The molecule has 2 aliphatic rings. The van der Waals surface area contributed by atoms with Crippen molar-refractivity contribution >= 4 is 10.0 Å². The maximum Gasteiger partial charge on any atom is 0.211 e. The van der Waals surface area contributed by atoms with Crippen molar-refractivity contribution in [1.82, 2.24) is 9.62 Å². The van der Waals surface area contributed by atoms with Gasteiger partial charge in [-0.2, -0.15) is 0 Å². The fourth-order valence-electron chi connectivity index (χ4n) is 2.50. The van der Waals surface area contributed by atoms with E-state index in [0.29, 0.717) is 31.0 Å². The molecule has 0 radical (unpaired) electrons. The predicted molar refractivity (Wildman–Crippen MR) is 55.5 cm³/mol. The summed E-state index contributed by atoms with van der Waals surface area (Å²) in [6, 6.07) is 0.454. The van der Waals surface area contributed by atoms with Crippen molar-refractivity contribution < 1.29 is 8.42 Å². The summed E-state index contributed by atoms with van der Waals surface area (Å²) in [5.74, 6) is 1.01. The Morgan fingerprint density at radius 1 is 1.36 bits per heavy atom. The number of rotatable bonds is 1. The zero-order valence-corrected chi connectivity index (χ0v) is 9.55. The van der Waals surface area contributed by atoms with Crippen LogP contribution in [0, 0.1) is 11.8 Å². The van der Waals surface area contributed by atoms with Crippen LogP contribution in [0.1, 0.15) is 13.3 Å². The highest BCUT2D eigenvalue weighted by Crippen LogP contribution is 2.29. The van der Waals surface area contributed by atoms with Crippen molar-refractivity contribution in [2.75, 3.05) is 25.9 Å². The second-order valence-corrected chi connectivity index (χ2v) is 6.62. The van der Waals surface area contributed by atoms with Gasteiger partial charge in [0.05, 0.1) is 6.26 Å². The fraction of sp³-hybridized carbons (Fsp3) is 1.00. The molecule has 2 bridgehead atoms. The van der Waals surface area contributed by atoms with Crippen molar-refractivity contribution in [3.8, 4) is 0 Å². The molecule has 1 N–H and O–H groups in total. The lowest BCUT2D eigenvalue weighted by Gasteiger charge is -2.43. The molecule has 2 heterocycles. The number of hydrogen-bond donors (Lipinski definition) is 1. The number of hydrogen-bond acceptors (Lipinski definition) is 3. The average Bonchev–Trinajstić information content (AvgIpc) is 2.10. The van der Waals surface area contributed by atoms with Crippen LogP contribution in [0.3, 0.4) is 0 Å². The van der Waals surface area contributed by atoms with E-state index in [1.165, 1.54) is 12.7 Å². The van der Waals surface area contributed by atoms with Crippen LogP contribution in [0.4, 0.5) is 0 Å². The van der Waals surface area contributed by atoms with Crippen LogP contribution in [-0.4, -0.2) is 44.7 Å². The van der Waals surface area contributed by atoms with Gasteiger partial charge in [-0.1, -0.05) is 0 Å². The van der Waals surface area contributed by atoms with Gasteiger partial charge in [-0.15, -0.1) is 0 Å². The molecule has 4 nitrogen and oxygen atoms in total. The quantitative estimate of drug-likeness (QED) is 0.667. The molecule has 5 heteroatoms. The van der Waals surface area contributed by atoms with E-state index >= 15 is 0 Å². The zero-order valence-electron chi connectivity index (χ0n) is 8.73. The summed E-state index contributed by atoms with van der Waals surface area (Å²) in [7, 11) is -2.99. The van der Waals surface area contributed by atoms with Gasteiger partial charge in [0.25, 0.3) is 0 Å². The molecule has 0 unspecified atom stereocenters. The van der Waals surface area contributed by atoms with E-state index in [1.807, 2.05) is 0 Å². The summed E-state index contributed by atoms with van der Waals surface area (Å²) in [6.45, 7) is 4.51. The highest BCUT2D eigenvalue weighted by molar-refractivity contribution is 7.88. The molecule has 0 spiro atoms. The van der Waals surface area contributed by atoms with Crippen molar-refractivity contribution in [3.63, 3.8) is 0 Å². The fourth-order valence-corrected chi connectivity index (χ4v) is 3.45. The van der Waals surface area contributed by atoms with E-state index in [4.69, 9.17) is 0 Å². The maximum absolute atomic E-state index is 11.4. The molecule has 14 heavy (non-hydrogen) atoms. The standard InChI is InChI=1S/C9H18N2O2S/c1-7-9-3-8(4-10-7)5-11(6-9)14(2,12)13/h7-10H,3-6H2,1-2H3/t7-,8-,9+/m1/s1. The van der Waals surface area contributed by atoms with E-state index in [1.54, 1.807) is 4.31 Å². The lowest BCUT2D eigenvalue weighted by molar-refractivity contribution is 0.125. The van der Waals surface area contributed by atoms with Crippen LogP contribution >= 0.6 is 0 Å². The predicted octanol–water partition coefficient (Wildman–Crippen LogP) is -0.124. The van der Waals surface area contributed by atoms with Gasteiger partial charge >= 0.3 is 0 Å². The van der Waals surface area contributed by atoms with Crippen molar-refractivity contribution in [2.45, 2.75) is 19.4 Å². The molecule has 2 fully saturated rings. The third-order valence-corrected chi connectivity index (χ3v) is 4.68. The van der Waals surface area contributed by atoms with Crippen LogP contribution in [0.5, 0.6) is 0 Å². The molecule has 2 aliphatic heterocycles. The minimum atomic E-state index is -2.99. The summed E-state index contributed by atoms with van der Waals surface area (Å²) < 4.78 is 24.5. The summed E-state index contributed by atoms with van der Waals surface area (Å²) in [5.41, 5.74) is 0. The Morgan fingerprint density at radius 2 is 2.07 bits per heavy atom. The van der Waals surface area contributed by atoms with Crippen LogP contribution in [0.2, 0.25) is 0 Å². The van der Waals surface area contributed by atoms with Crippen molar-refractivity contribution in [3.05, 3.63) is 0 Å². The minimum Gasteiger partial charge on any atom is -0.314 e. The first-order chi connectivity index (χ1) is 6.47. The topological polar surface area (TPSA) is 49.4 Å². The van der Waals surface area contributed by atoms with Gasteiger partial charge in [-0.25, -0.2) is 12.7 Å². The summed E-state index contributed by atoms with van der Waals surface area (Å²) in [4.78, 5) is 0. The van der Waals surface area contributed by atoms with Crippen LogP contribution < -0.4 is 5.32 Å². The molecule has 3 atom stereocenters. The van der Waals surface area contributed by atoms with Gasteiger partial charge in [0.2, 0.25) is 10.0 Å². The molecular formula is C9H18N2O2S. The van der Waals surface area contributed by atoms with E-state index in [9.17, 15) is 8.42 Å². The van der Waals surface area contributed by atoms with E-state index in [-0.39, 0.29) is 0 Å². The van der Waals surface area contributed by atoms with Gasteiger partial charge in [0, 0.05) is 19.1 Å². The molecule has 0 aliphatic carbocycles. The first kappa shape index (κ1) is 10.4. The number of nitrogens with zero attached hydrogens (tertiary/aromatic N) is 1. The molecular weight excluding hydrogens is 200 g/mol. The van der Waals surface area contributed by atoms with Gasteiger partial charge in [0.1, 0.15) is 0 Å². The highest BCUT2D eigenvalue weighted by atomic mass is 32.2. The molecule has 0 amide bonds.